The first-order valence-electron chi connectivity index (χ1n) is 7.32. The van der Waals surface area contributed by atoms with Crippen molar-refractivity contribution < 1.29 is 19.5 Å². The van der Waals surface area contributed by atoms with E-state index in [2.05, 4.69) is 9.97 Å². The van der Waals surface area contributed by atoms with Crippen LogP contribution in [0.4, 0.5) is 0 Å². The molecule has 0 radical (unpaired) electrons. The Balaban J connectivity index is 2.04. The number of nitrogens with zero attached hydrogens (tertiary/aromatic N) is 2. The number of benzene rings is 1. The number of aromatic nitrogens is 2. The van der Waals surface area contributed by atoms with Gasteiger partial charge in [0.2, 0.25) is 0 Å². The molecule has 1 aromatic heterocycles. The van der Waals surface area contributed by atoms with Gasteiger partial charge in [-0.2, -0.15) is 0 Å². The van der Waals surface area contributed by atoms with Gasteiger partial charge in [-0.3, -0.25) is 0 Å². The van der Waals surface area contributed by atoms with Crippen molar-refractivity contribution in [2.24, 2.45) is 0 Å². The van der Waals surface area contributed by atoms with E-state index in [0.29, 0.717) is 11.5 Å². The van der Waals surface area contributed by atoms with E-state index in [-0.39, 0.29) is 5.72 Å². The number of aliphatic hydroxyl groups is 1. The number of ether oxygens (including phenoxy) is 1. The topological polar surface area (TPSA) is 84.7 Å². The van der Waals surface area contributed by atoms with Gasteiger partial charge in [0.1, 0.15) is 5.75 Å². The molecule has 0 saturated heterocycles. The molecule has 0 fully saturated rings. The van der Waals surface area contributed by atoms with E-state index in [1.54, 1.807) is 27.7 Å². The maximum absolute atomic E-state index is 10.1. The molecule has 0 aliphatic carbocycles. The molecule has 0 saturated carbocycles. The van der Waals surface area contributed by atoms with Crippen molar-refractivity contribution in [2.75, 3.05) is 0 Å². The average Bonchev–Trinajstić information content (AvgIpc) is 2.47. The van der Waals surface area contributed by atoms with Crippen molar-refractivity contribution in [2.45, 2.75) is 38.9 Å². The van der Waals surface area contributed by atoms with E-state index in [4.69, 9.17) is 9.39 Å². The van der Waals surface area contributed by atoms with Crippen molar-refractivity contribution in [1.82, 2.24) is 9.97 Å². The largest absolute Gasteiger partial charge is 0.531 e. The molecule has 0 spiro atoms. The fourth-order valence-electron chi connectivity index (χ4n) is 1.61. The van der Waals surface area contributed by atoms with Crippen LogP contribution in [0.1, 0.15) is 27.7 Å². The van der Waals surface area contributed by atoms with Crippen LogP contribution in [0.5, 0.6) is 11.5 Å². The van der Waals surface area contributed by atoms with Crippen molar-refractivity contribution in [1.29, 1.82) is 0 Å². The van der Waals surface area contributed by atoms with Crippen LogP contribution in [0, 0.1) is 0 Å². The standard InChI is InChI=1S/C16H21BN2O4/c1-15(2,20)16(3,4)23-17(21)14-18-10-13(11-19-14)22-12-8-6-5-7-9-12/h5-11,20-21H,1-4H3. The van der Waals surface area contributed by atoms with Gasteiger partial charge in [-0.05, 0) is 39.8 Å². The molecule has 2 aromatic rings. The maximum atomic E-state index is 10.1. The number of hydrogen-bond acceptors (Lipinski definition) is 6. The molecule has 0 amide bonds. The van der Waals surface area contributed by atoms with Gasteiger partial charge in [-0.25, -0.2) is 9.97 Å². The van der Waals surface area contributed by atoms with Crippen LogP contribution in [0.2, 0.25) is 0 Å². The molecule has 122 valence electrons. The molecular formula is C16H21BN2O4. The molecule has 0 bridgehead atoms. The van der Waals surface area contributed by atoms with Crippen molar-refractivity contribution in [3.63, 3.8) is 0 Å². The lowest BCUT2D eigenvalue weighted by molar-refractivity contribution is -0.0984. The van der Waals surface area contributed by atoms with E-state index < -0.39 is 18.3 Å². The fourth-order valence-corrected chi connectivity index (χ4v) is 1.61. The zero-order chi connectivity index (χ0) is 17.1. The molecule has 23 heavy (non-hydrogen) atoms. The van der Waals surface area contributed by atoms with Crippen LogP contribution < -0.4 is 10.5 Å². The lowest BCUT2D eigenvalue weighted by atomic mass is 9.82. The highest BCUT2D eigenvalue weighted by Gasteiger charge is 2.40. The first-order valence-corrected chi connectivity index (χ1v) is 7.32. The van der Waals surface area contributed by atoms with E-state index in [1.165, 1.54) is 12.4 Å². The van der Waals surface area contributed by atoms with Gasteiger partial charge in [0, 0.05) is 0 Å². The summed E-state index contributed by atoms with van der Waals surface area (Å²) in [5, 5.41) is 20.2. The second-order valence-corrected chi connectivity index (χ2v) is 6.23. The molecule has 0 unspecified atom stereocenters. The monoisotopic (exact) mass is 316 g/mol. The van der Waals surface area contributed by atoms with E-state index in [9.17, 15) is 10.1 Å². The Bertz CT molecular complexity index is 627. The van der Waals surface area contributed by atoms with Crippen LogP contribution in [-0.2, 0) is 4.65 Å². The average molecular weight is 316 g/mol. The van der Waals surface area contributed by atoms with Gasteiger partial charge in [-0.15, -0.1) is 0 Å². The molecule has 7 heteroatoms. The van der Waals surface area contributed by atoms with Gasteiger partial charge < -0.3 is 19.5 Å². The van der Waals surface area contributed by atoms with Crippen molar-refractivity contribution >= 4 is 12.8 Å². The highest BCUT2D eigenvalue weighted by Crippen LogP contribution is 2.25. The molecule has 1 aromatic carbocycles. The predicted molar refractivity (Wildman–Crippen MR) is 87.6 cm³/mol. The first kappa shape index (κ1) is 17.4. The minimum atomic E-state index is -1.35. The van der Waals surface area contributed by atoms with Crippen LogP contribution in [0.25, 0.3) is 0 Å². The highest BCUT2D eigenvalue weighted by molar-refractivity contribution is 6.58. The van der Waals surface area contributed by atoms with Crippen LogP contribution in [-0.4, -0.2) is 38.4 Å². The summed E-state index contributed by atoms with van der Waals surface area (Å²) >= 11 is 0. The van der Waals surface area contributed by atoms with Gasteiger partial charge in [0.25, 0.3) is 0 Å². The number of rotatable bonds is 6. The number of hydrogen-bond donors (Lipinski definition) is 2. The lowest BCUT2D eigenvalue weighted by Gasteiger charge is -2.38. The van der Waals surface area contributed by atoms with E-state index in [1.807, 2.05) is 30.3 Å². The normalized spacial score (nSPS) is 12.1. The molecule has 0 aliphatic rings. The molecule has 0 atom stereocenters. The Morgan fingerprint density at radius 2 is 1.52 bits per heavy atom. The van der Waals surface area contributed by atoms with E-state index in [0.717, 1.165) is 0 Å². The second-order valence-electron chi connectivity index (χ2n) is 6.23. The van der Waals surface area contributed by atoms with Gasteiger partial charge in [0.05, 0.1) is 23.6 Å². The molecular weight excluding hydrogens is 295 g/mol. The van der Waals surface area contributed by atoms with Gasteiger partial charge in [-0.1, -0.05) is 18.2 Å². The Morgan fingerprint density at radius 1 is 0.957 bits per heavy atom. The SMILES string of the molecule is CC(C)(O)C(C)(C)OB(O)c1ncc(Oc2ccccc2)cn1. The second kappa shape index (κ2) is 6.66. The van der Waals surface area contributed by atoms with Crippen LogP contribution >= 0.6 is 0 Å². The van der Waals surface area contributed by atoms with Crippen molar-refractivity contribution in [3.05, 3.63) is 42.7 Å². The molecule has 2 rings (SSSR count). The van der Waals surface area contributed by atoms with Gasteiger partial charge in [0.15, 0.2) is 11.5 Å². The Hall–Kier alpha value is -1.96. The van der Waals surface area contributed by atoms with Crippen molar-refractivity contribution in [3.8, 4) is 11.5 Å². The zero-order valence-electron chi connectivity index (χ0n) is 13.7. The van der Waals surface area contributed by atoms with Crippen LogP contribution in [0.15, 0.2) is 42.7 Å². The summed E-state index contributed by atoms with van der Waals surface area (Å²) in [6, 6.07) is 9.25. The minimum Gasteiger partial charge on any atom is -0.454 e. The van der Waals surface area contributed by atoms with Crippen LogP contribution in [0.3, 0.4) is 0 Å². The summed E-state index contributed by atoms with van der Waals surface area (Å²) in [6.07, 6.45) is 2.91. The van der Waals surface area contributed by atoms with E-state index >= 15 is 0 Å². The Morgan fingerprint density at radius 3 is 2.04 bits per heavy atom. The maximum Gasteiger partial charge on any atom is 0.531 e. The molecule has 0 aliphatic heterocycles. The quantitative estimate of drug-likeness (QED) is 0.786. The summed E-state index contributed by atoms with van der Waals surface area (Å²) < 4.78 is 11.1. The highest BCUT2D eigenvalue weighted by atomic mass is 16.5. The summed E-state index contributed by atoms with van der Waals surface area (Å²) in [5.74, 6) is 1.12. The third-order valence-corrected chi connectivity index (χ3v) is 3.73. The molecule has 1 heterocycles. The molecule has 2 N–H and O–H groups in total. The summed E-state index contributed by atoms with van der Waals surface area (Å²) in [6.45, 7) is 6.58. The number of para-hydroxylation sites is 1. The zero-order valence-corrected chi connectivity index (χ0v) is 13.7. The third kappa shape index (κ3) is 4.51. The summed E-state index contributed by atoms with van der Waals surface area (Å²) in [5.41, 5.74) is -2.01. The van der Waals surface area contributed by atoms with Gasteiger partial charge >= 0.3 is 7.12 Å². The predicted octanol–water partition coefficient (Wildman–Crippen LogP) is 1.52. The minimum absolute atomic E-state index is 0.0998. The third-order valence-electron chi connectivity index (χ3n) is 3.73. The Labute approximate surface area is 136 Å². The lowest BCUT2D eigenvalue weighted by Crippen LogP contribution is -2.54. The first-order chi connectivity index (χ1) is 10.7. The smallest absolute Gasteiger partial charge is 0.454 e. The molecule has 6 nitrogen and oxygen atoms in total. The summed E-state index contributed by atoms with van der Waals surface area (Å²) in [4.78, 5) is 8.10. The summed E-state index contributed by atoms with van der Waals surface area (Å²) in [7, 11) is -1.35. The fraction of sp³-hybridized carbons (Fsp3) is 0.375. The Kier molecular flexibility index (Phi) is 5.04.